The van der Waals surface area contributed by atoms with Crippen molar-refractivity contribution < 1.29 is 4.92 Å². The number of rotatable bonds is 3. The molecule has 7 heteroatoms. The Morgan fingerprint density at radius 2 is 2.33 bits per heavy atom. The predicted molar refractivity (Wildman–Crippen MR) is 64.0 cm³/mol. The van der Waals surface area contributed by atoms with Gasteiger partial charge < -0.3 is 5.73 Å². The minimum atomic E-state index is -0.452. The largest absolute Gasteiger partial charge is 0.379 e. The molecule has 0 aliphatic carbocycles. The van der Waals surface area contributed by atoms with Gasteiger partial charge in [-0.15, -0.1) is 0 Å². The molecule has 0 radical (unpaired) electrons. The van der Waals surface area contributed by atoms with E-state index < -0.39 is 4.92 Å². The Labute approximate surface area is 98.8 Å². The summed E-state index contributed by atoms with van der Waals surface area (Å²) < 4.78 is 0.658. The number of nitrogens with one attached hydrogen (secondary N) is 1. The van der Waals surface area contributed by atoms with Gasteiger partial charge in [-0.25, -0.2) is 0 Å². The molecule has 0 bridgehead atoms. The molecule has 0 heterocycles. The van der Waals surface area contributed by atoms with Gasteiger partial charge in [0, 0.05) is 22.4 Å². The summed E-state index contributed by atoms with van der Waals surface area (Å²) in [7, 11) is 0. The lowest BCUT2D eigenvalue weighted by Gasteiger charge is -2.02. The van der Waals surface area contributed by atoms with Crippen molar-refractivity contribution in [3.8, 4) is 0 Å². The van der Waals surface area contributed by atoms with E-state index in [2.05, 4.69) is 15.9 Å². The first kappa shape index (κ1) is 12.0. The van der Waals surface area contributed by atoms with Crippen molar-refractivity contribution in [2.45, 2.75) is 5.75 Å². The number of nitro benzene ring substituents is 1. The van der Waals surface area contributed by atoms with E-state index in [9.17, 15) is 10.1 Å². The van der Waals surface area contributed by atoms with Gasteiger partial charge in [-0.3, -0.25) is 15.5 Å². The molecule has 0 atom stereocenters. The molecule has 0 aliphatic heterocycles. The van der Waals surface area contributed by atoms with Crippen molar-refractivity contribution in [1.29, 1.82) is 5.41 Å². The molecule has 0 amide bonds. The molecule has 0 saturated heterocycles. The number of hydrogen-bond donors (Lipinski definition) is 2. The maximum atomic E-state index is 10.5. The highest BCUT2D eigenvalue weighted by Crippen LogP contribution is 2.25. The molecule has 1 aromatic carbocycles. The van der Waals surface area contributed by atoms with E-state index in [1.54, 1.807) is 6.07 Å². The number of hydrogen-bond acceptors (Lipinski definition) is 4. The van der Waals surface area contributed by atoms with Gasteiger partial charge in [0.2, 0.25) is 0 Å². The average Bonchev–Trinajstić information content (AvgIpc) is 2.15. The predicted octanol–water partition coefficient (Wildman–Crippen LogP) is 2.48. The Morgan fingerprint density at radius 3 is 2.80 bits per heavy atom. The Balaban J connectivity index is 2.83. The third kappa shape index (κ3) is 3.52. The minimum absolute atomic E-state index is 0.0280. The smallest absolute Gasteiger partial charge is 0.270 e. The number of thioether (sulfide) groups is 1. The number of non-ortho nitro benzene ring substituents is 1. The zero-order chi connectivity index (χ0) is 11.4. The van der Waals surface area contributed by atoms with E-state index in [1.165, 1.54) is 23.9 Å². The second-order valence-electron chi connectivity index (χ2n) is 2.69. The van der Waals surface area contributed by atoms with E-state index in [1.807, 2.05) is 0 Å². The van der Waals surface area contributed by atoms with Crippen molar-refractivity contribution in [3.05, 3.63) is 38.3 Å². The molecule has 0 aliphatic rings. The number of halogens is 1. The van der Waals surface area contributed by atoms with Gasteiger partial charge in [-0.2, -0.15) is 0 Å². The molecule has 15 heavy (non-hydrogen) atoms. The second-order valence-corrected chi connectivity index (χ2v) is 4.56. The highest BCUT2D eigenvalue weighted by atomic mass is 79.9. The Morgan fingerprint density at radius 1 is 1.67 bits per heavy atom. The van der Waals surface area contributed by atoms with Gasteiger partial charge >= 0.3 is 0 Å². The quantitative estimate of drug-likeness (QED) is 0.387. The summed E-state index contributed by atoms with van der Waals surface area (Å²) in [4.78, 5) is 10.0. The standard InChI is InChI=1S/C8H8BrN3O2S/c9-7-3-6(12(13)14)2-1-5(7)4-15-8(10)11/h1-3H,4H2,(H3,10,11). The summed E-state index contributed by atoms with van der Waals surface area (Å²) in [6, 6.07) is 4.52. The molecule has 0 aromatic heterocycles. The van der Waals surface area contributed by atoms with E-state index in [4.69, 9.17) is 11.1 Å². The van der Waals surface area contributed by atoms with Crippen LogP contribution in [0.3, 0.4) is 0 Å². The van der Waals surface area contributed by atoms with E-state index in [0.29, 0.717) is 10.2 Å². The third-order valence-electron chi connectivity index (χ3n) is 1.63. The van der Waals surface area contributed by atoms with Crippen LogP contribution in [0.1, 0.15) is 5.56 Å². The third-order valence-corrected chi connectivity index (χ3v) is 3.14. The maximum Gasteiger partial charge on any atom is 0.270 e. The monoisotopic (exact) mass is 289 g/mol. The highest BCUT2D eigenvalue weighted by molar-refractivity contribution is 9.10. The molecule has 1 aromatic rings. The van der Waals surface area contributed by atoms with Crippen LogP contribution < -0.4 is 5.73 Å². The number of nitro groups is 1. The van der Waals surface area contributed by atoms with Gasteiger partial charge in [0.25, 0.3) is 5.69 Å². The minimum Gasteiger partial charge on any atom is -0.379 e. The summed E-state index contributed by atoms with van der Waals surface area (Å²) in [6.45, 7) is 0. The van der Waals surface area contributed by atoms with Crippen molar-refractivity contribution in [3.63, 3.8) is 0 Å². The summed E-state index contributed by atoms with van der Waals surface area (Å²) in [5.41, 5.74) is 6.11. The van der Waals surface area contributed by atoms with Crippen LogP contribution in [-0.2, 0) is 5.75 Å². The van der Waals surface area contributed by atoms with Gasteiger partial charge in [-0.1, -0.05) is 33.8 Å². The molecule has 80 valence electrons. The van der Waals surface area contributed by atoms with Crippen LogP contribution in [0.4, 0.5) is 5.69 Å². The number of amidine groups is 1. The lowest BCUT2D eigenvalue weighted by atomic mass is 10.2. The fourth-order valence-corrected chi connectivity index (χ4v) is 2.18. The maximum absolute atomic E-state index is 10.5. The van der Waals surface area contributed by atoms with Gasteiger partial charge in [-0.05, 0) is 5.56 Å². The first-order valence-corrected chi connectivity index (χ1v) is 5.68. The lowest BCUT2D eigenvalue weighted by Crippen LogP contribution is -2.04. The van der Waals surface area contributed by atoms with Gasteiger partial charge in [0.1, 0.15) is 0 Å². The molecular weight excluding hydrogens is 282 g/mol. The average molecular weight is 290 g/mol. The van der Waals surface area contributed by atoms with Gasteiger partial charge in [0.15, 0.2) is 5.17 Å². The van der Waals surface area contributed by atoms with E-state index in [-0.39, 0.29) is 10.9 Å². The first-order valence-electron chi connectivity index (χ1n) is 3.90. The zero-order valence-corrected chi connectivity index (χ0v) is 9.97. The normalized spacial score (nSPS) is 9.93. The van der Waals surface area contributed by atoms with E-state index in [0.717, 1.165) is 5.56 Å². The van der Waals surface area contributed by atoms with Crippen LogP contribution >= 0.6 is 27.7 Å². The summed E-state index contributed by atoms with van der Waals surface area (Å²) in [6.07, 6.45) is 0. The molecule has 0 fully saturated rings. The van der Waals surface area contributed by atoms with Crippen molar-refractivity contribution >= 4 is 38.5 Å². The van der Waals surface area contributed by atoms with Crippen LogP contribution in [0.25, 0.3) is 0 Å². The Kier molecular flexibility index (Phi) is 4.10. The number of nitrogens with zero attached hydrogens (tertiary/aromatic N) is 1. The first-order chi connectivity index (χ1) is 7.00. The van der Waals surface area contributed by atoms with Crippen LogP contribution in [0.15, 0.2) is 22.7 Å². The second kappa shape index (κ2) is 5.13. The molecule has 0 unspecified atom stereocenters. The fourth-order valence-electron chi connectivity index (χ4n) is 0.922. The number of nitrogens with two attached hydrogens (primary N) is 1. The van der Waals surface area contributed by atoms with Crippen LogP contribution in [0, 0.1) is 15.5 Å². The number of benzene rings is 1. The fraction of sp³-hybridized carbons (Fsp3) is 0.125. The molecule has 3 N–H and O–H groups in total. The molecule has 5 nitrogen and oxygen atoms in total. The molecule has 0 saturated carbocycles. The topological polar surface area (TPSA) is 93.0 Å². The van der Waals surface area contributed by atoms with Crippen molar-refractivity contribution in [2.24, 2.45) is 5.73 Å². The van der Waals surface area contributed by atoms with Crippen LogP contribution in [0.2, 0.25) is 0 Å². The SMILES string of the molecule is N=C(N)SCc1ccc([N+](=O)[O-])cc1Br. The summed E-state index contributed by atoms with van der Waals surface area (Å²) in [5, 5.41) is 17.5. The van der Waals surface area contributed by atoms with E-state index >= 15 is 0 Å². The summed E-state index contributed by atoms with van der Waals surface area (Å²) >= 11 is 4.41. The lowest BCUT2D eigenvalue weighted by molar-refractivity contribution is -0.384. The van der Waals surface area contributed by atoms with Gasteiger partial charge in [0.05, 0.1) is 4.92 Å². The highest BCUT2D eigenvalue weighted by Gasteiger charge is 2.09. The van der Waals surface area contributed by atoms with Crippen molar-refractivity contribution in [1.82, 2.24) is 0 Å². The Bertz CT molecular complexity index is 411. The van der Waals surface area contributed by atoms with Crippen LogP contribution in [-0.4, -0.2) is 10.1 Å². The molecule has 1 rings (SSSR count). The van der Waals surface area contributed by atoms with Crippen LogP contribution in [0.5, 0.6) is 0 Å². The van der Waals surface area contributed by atoms with Crippen molar-refractivity contribution in [2.75, 3.05) is 0 Å². The molecular formula is C8H8BrN3O2S. The Hall–Kier alpha value is -1.08. The summed E-state index contributed by atoms with van der Waals surface area (Å²) in [5.74, 6) is 0.522. The zero-order valence-electron chi connectivity index (χ0n) is 7.57. The molecule has 0 spiro atoms.